The first-order chi connectivity index (χ1) is 14.5. The van der Waals surface area contributed by atoms with Crippen molar-refractivity contribution in [3.8, 4) is 5.75 Å². The monoisotopic (exact) mass is 417 g/mol. The molecule has 3 rings (SSSR count). The highest BCUT2D eigenvalue weighted by Gasteiger charge is 2.32. The van der Waals surface area contributed by atoms with Crippen LogP contribution in [0.1, 0.15) is 24.2 Å². The maximum Gasteiger partial charge on any atom is 0.237 e. The number of benzene rings is 1. The number of amides is 2. The van der Waals surface area contributed by atoms with Gasteiger partial charge < -0.3 is 19.9 Å². The Labute approximate surface area is 175 Å². The third-order valence-corrected chi connectivity index (χ3v) is 5.28. The van der Waals surface area contributed by atoms with Gasteiger partial charge in [0.25, 0.3) is 0 Å². The summed E-state index contributed by atoms with van der Waals surface area (Å²) in [6, 6.07) is 4.03. The van der Waals surface area contributed by atoms with Gasteiger partial charge in [-0.05, 0) is 19.4 Å². The number of aryl methyl sites for hydroxylation is 2. The van der Waals surface area contributed by atoms with Crippen LogP contribution < -0.4 is 15.4 Å². The predicted octanol–water partition coefficient (Wildman–Crippen LogP) is 1.24. The lowest BCUT2D eigenvalue weighted by Gasteiger charge is -2.34. The molecule has 0 bridgehead atoms. The highest BCUT2D eigenvalue weighted by atomic mass is 19.1. The molecule has 1 unspecified atom stereocenters. The summed E-state index contributed by atoms with van der Waals surface area (Å²) in [5, 5.41) is 5.67. The van der Waals surface area contributed by atoms with Crippen LogP contribution in [0.25, 0.3) is 0 Å². The third kappa shape index (κ3) is 5.56. The molecule has 1 aliphatic heterocycles. The standard InChI is InChI=1S/C21H28FN5O3/c1-15-23-7-10-26(15)9-3-6-24-20(28)13-19-21(29)25-8-11-27(19)14-16-4-5-17(30-2)12-18(16)22/h4-5,7,10,12,19H,3,6,8-9,11,13-14H2,1-2H3,(H,24,28)(H,25,29). The van der Waals surface area contributed by atoms with Gasteiger partial charge in [0.15, 0.2) is 0 Å². The van der Waals surface area contributed by atoms with Crippen molar-refractivity contribution in [1.29, 1.82) is 0 Å². The number of methoxy groups -OCH3 is 1. The molecule has 1 aromatic heterocycles. The predicted molar refractivity (Wildman–Crippen MR) is 109 cm³/mol. The van der Waals surface area contributed by atoms with E-state index in [2.05, 4.69) is 15.6 Å². The van der Waals surface area contributed by atoms with Gasteiger partial charge >= 0.3 is 0 Å². The Hall–Kier alpha value is -2.94. The number of piperazine rings is 1. The summed E-state index contributed by atoms with van der Waals surface area (Å²) in [4.78, 5) is 30.8. The van der Waals surface area contributed by atoms with Crippen LogP contribution in [-0.2, 0) is 22.7 Å². The summed E-state index contributed by atoms with van der Waals surface area (Å²) in [5.74, 6) is 0.577. The summed E-state index contributed by atoms with van der Waals surface area (Å²) in [5.41, 5.74) is 0.464. The van der Waals surface area contributed by atoms with E-state index in [1.54, 1.807) is 18.3 Å². The molecule has 1 aliphatic rings. The van der Waals surface area contributed by atoms with Crippen molar-refractivity contribution in [3.05, 3.63) is 47.8 Å². The summed E-state index contributed by atoms with van der Waals surface area (Å²) in [7, 11) is 1.48. The van der Waals surface area contributed by atoms with Gasteiger partial charge in [0.05, 0.1) is 19.6 Å². The molecule has 0 radical (unpaired) electrons. The minimum absolute atomic E-state index is 0.0354. The van der Waals surface area contributed by atoms with Gasteiger partial charge in [0.2, 0.25) is 11.8 Å². The zero-order valence-corrected chi connectivity index (χ0v) is 17.4. The van der Waals surface area contributed by atoms with Gasteiger partial charge in [-0.25, -0.2) is 9.37 Å². The minimum atomic E-state index is -0.629. The largest absolute Gasteiger partial charge is 0.497 e. The topological polar surface area (TPSA) is 88.5 Å². The number of ether oxygens (including phenoxy) is 1. The first-order valence-electron chi connectivity index (χ1n) is 10.1. The molecule has 0 spiro atoms. The number of carbonyl (C=O) groups excluding carboxylic acids is 2. The second-order valence-electron chi connectivity index (χ2n) is 7.31. The van der Waals surface area contributed by atoms with Crippen LogP contribution in [0.5, 0.6) is 5.75 Å². The molecule has 162 valence electrons. The van der Waals surface area contributed by atoms with Gasteiger partial charge in [-0.15, -0.1) is 0 Å². The Kier molecular flexibility index (Phi) is 7.40. The fourth-order valence-corrected chi connectivity index (χ4v) is 3.54. The van der Waals surface area contributed by atoms with Gasteiger partial charge in [0.1, 0.15) is 17.4 Å². The molecular formula is C21H28FN5O3. The lowest BCUT2D eigenvalue weighted by atomic mass is 10.1. The maximum atomic E-state index is 14.3. The van der Waals surface area contributed by atoms with E-state index in [0.717, 1.165) is 18.8 Å². The molecule has 30 heavy (non-hydrogen) atoms. The molecule has 1 saturated heterocycles. The first-order valence-corrected chi connectivity index (χ1v) is 10.1. The number of nitrogens with one attached hydrogen (secondary N) is 2. The zero-order chi connectivity index (χ0) is 21.5. The third-order valence-electron chi connectivity index (χ3n) is 5.28. The average molecular weight is 417 g/mol. The quantitative estimate of drug-likeness (QED) is 0.600. The van der Waals surface area contributed by atoms with Crippen molar-refractivity contribution in [3.63, 3.8) is 0 Å². The van der Waals surface area contributed by atoms with Crippen molar-refractivity contribution in [2.45, 2.75) is 38.9 Å². The van der Waals surface area contributed by atoms with E-state index in [4.69, 9.17) is 4.74 Å². The zero-order valence-electron chi connectivity index (χ0n) is 17.4. The van der Waals surface area contributed by atoms with Crippen molar-refractivity contribution < 1.29 is 18.7 Å². The molecule has 1 atom stereocenters. The molecule has 8 nitrogen and oxygen atoms in total. The molecule has 2 amide bonds. The number of carbonyl (C=O) groups is 2. The first kappa shape index (κ1) is 21.8. The van der Waals surface area contributed by atoms with Crippen LogP contribution in [-0.4, -0.2) is 59.1 Å². The molecule has 2 aromatic rings. The second kappa shape index (κ2) is 10.2. The highest BCUT2D eigenvalue weighted by Crippen LogP contribution is 2.20. The summed E-state index contributed by atoms with van der Waals surface area (Å²) in [6.07, 6.45) is 4.45. The number of aromatic nitrogens is 2. The van der Waals surface area contributed by atoms with Gasteiger partial charge in [-0.1, -0.05) is 6.07 Å². The Morgan fingerprint density at radius 3 is 2.97 bits per heavy atom. The summed E-state index contributed by atoms with van der Waals surface area (Å²) < 4.78 is 21.4. The van der Waals surface area contributed by atoms with Gasteiger partial charge in [-0.3, -0.25) is 14.5 Å². The molecule has 2 heterocycles. The normalized spacial score (nSPS) is 16.9. The van der Waals surface area contributed by atoms with Crippen LogP contribution in [0, 0.1) is 12.7 Å². The number of hydrogen-bond donors (Lipinski definition) is 2. The van der Waals surface area contributed by atoms with E-state index in [9.17, 15) is 14.0 Å². The van der Waals surface area contributed by atoms with Crippen LogP contribution in [0.2, 0.25) is 0 Å². The number of rotatable bonds is 9. The minimum Gasteiger partial charge on any atom is -0.497 e. The number of halogens is 1. The fraction of sp³-hybridized carbons (Fsp3) is 0.476. The summed E-state index contributed by atoms with van der Waals surface area (Å²) >= 11 is 0. The van der Waals surface area contributed by atoms with Crippen LogP contribution in [0.3, 0.4) is 0 Å². The van der Waals surface area contributed by atoms with Crippen molar-refractivity contribution in [2.24, 2.45) is 0 Å². The van der Waals surface area contributed by atoms with E-state index >= 15 is 0 Å². The molecule has 1 fully saturated rings. The second-order valence-corrected chi connectivity index (χ2v) is 7.31. The van der Waals surface area contributed by atoms with E-state index in [1.807, 2.05) is 22.6 Å². The van der Waals surface area contributed by atoms with Gasteiger partial charge in [0, 0.05) is 56.7 Å². The highest BCUT2D eigenvalue weighted by molar-refractivity contribution is 5.88. The molecule has 1 aromatic carbocycles. The van der Waals surface area contributed by atoms with E-state index < -0.39 is 11.9 Å². The van der Waals surface area contributed by atoms with Gasteiger partial charge in [-0.2, -0.15) is 0 Å². The van der Waals surface area contributed by atoms with Crippen molar-refractivity contribution >= 4 is 11.8 Å². The smallest absolute Gasteiger partial charge is 0.237 e. The molecule has 0 aliphatic carbocycles. The Balaban J connectivity index is 1.53. The average Bonchev–Trinajstić information content (AvgIpc) is 3.14. The van der Waals surface area contributed by atoms with Crippen molar-refractivity contribution in [2.75, 3.05) is 26.7 Å². The van der Waals surface area contributed by atoms with Crippen LogP contribution in [0.15, 0.2) is 30.6 Å². The maximum absolute atomic E-state index is 14.3. The Morgan fingerprint density at radius 1 is 1.43 bits per heavy atom. The Morgan fingerprint density at radius 2 is 2.27 bits per heavy atom. The number of nitrogens with zero attached hydrogens (tertiary/aromatic N) is 3. The number of imidazole rings is 1. The summed E-state index contributed by atoms with van der Waals surface area (Å²) in [6.45, 7) is 4.48. The lowest BCUT2D eigenvalue weighted by Crippen LogP contribution is -2.56. The number of hydrogen-bond acceptors (Lipinski definition) is 5. The SMILES string of the molecule is COc1ccc(CN2CCNC(=O)C2CC(=O)NCCCn2ccnc2C)c(F)c1. The van der Waals surface area contributed by atoms with E-state index in [-0.39, 0.29) is 24.8 Å². The fourth-order valence-electron chi connectivity index (χ4n) is 3.54. The molecule has 2 N–H and O–H groups in total. The molecule has 0 saturated carbocycles. The molecule has 9 heteroatoms. The van der Waals surface area contributed by atoms with E-state index in [1.165, 1.54) is 13.2 Å². The van der Waals surface area contributed by atoms with Crippen LogP contribution in [0.4, 0.5) is 4.39 Å². The van der Waals surface area contributed by atoms with E-state index in [0.29, 0.717) is 30.9 Å². The lowest BCUT2D eigenvalue weighted by molar-refractivity contribution is -0.134. The molecular weight excluding hydrogens is 389 g/mol. The van der Waals surface area contributed by atoms with Crippen LogP contribution >= 0.6 is 0 Å². The Bertz CT molecular complexity index is 885. The van der Waals surface area contributed by atoms with Crippen molar-refractivity contribution in [1.82, 2.24) is 25.1 Å².